The summed E-state index contributed by atoms with van der Waals surface area (Å²) in [6, 6.07) is 7.07. The number of aromatic nitrogens is 1. The van der Waals surface area contributed by atoms with Crippen LogP contribution in [0.25, 0.3) is 0 Å². The molecular weight excluding hydrogens is 422 g/mol. The standard InChI is InChI=1S/C17H21N3O5S3/c1-11-14(15(21)18-13(9-10-26-3)16(22)25-2)19-17(27-11)20-28(23,24)12-7-5-4-6-8-12/h4-8,13H,9-10H2,1-3H3,(H,18,21)(H,19,20)/t13-/m0/s1. The molecule has 0 fully saturated rings. The molecule has 0 unspecified atom stereocenters. The Balaban J connectivity index is 2.16. The van der Waals surface area contributed by atoms with Crippen molar-refractivity contribution in [2.24, 2.45) is 0 Å². The summed E-state index contributed by atoms with van der Waals surface area (Å²) in [5.41, 5.74) is 0.0637. The number of nitrogens with one attached hydrogen (secondary N) is 2. The van der Waals surface area contributed by atoms with Gasteiger partial charge < -0.3 is 10.1 Å². The fraction of sp³-hybridized carbons (Fsp3) is 0.353. The topological polar surface area (TPSA) is 114 Å². The molecule has 0 saturated carbocycles. The molecule has 1 heterocycles. The minimum Gasteiger partial charge on any atom is -0.467 e. The van der Waals surface area contributed by atoms with Crippen molar-refractivity contribution in [3.63, 3.8) is 0 Å². The van der Waals surface area contributed by atoms with Crippen molar-refractivity contribution in [3.8, 4) is 0 Å². The van der Waals surface area contributed by atoms with Gasteiger partial charge in [-0.1, -0.05) is 18.2 Å². The lowest BCUT2D eigenvalue weighted by Gasteiger charge is -2.15. The van der Waals surface area contributed by atoms with Crippen molar-refractivity contribution in [3.05, 3.63) is 40.9 Å². The van der Waals surface area contributed by atoms with Gasteiger partial charge in [0.15, 0.2) is 5.13 Å². The molecule has 0 bridgehead atoms. The zero-order valence-corrected chi connectivity index (χ0v) is 18.0. The summed E-state index contributed by atoms with van der Waals surface area (Å²) in [5.74, 6) is -0.436. The predicted octanol–water partition coefficient (Wildman–Crippen LogP) is 2.28. The molecule has 1 aromatic carbocycles. The van der Waals surface area contributed by atoms with Crippen LogP contribution >= 0.6 is 23.1 Å². The molecule has 0 saturated heterocycles. The van der Waals surface area contributed by atoms with Crippen LogP contribution in [-0.4, -0.2) is 50.4 Å². The highest BCUT2D eigenvalue weighted by Crippen LogP contribution is 2.25. The van der Waals surface area contributed by atoms with Crippen molar-refractivity contribution < 1.29 is 22.7 Å². The highest BCUT2D eigenvalue weighted by atomic mass is 32.2. The highest BCUT2D eigenvalue weighted by molar-refractivity contribution is 7.98. The van der Waals surface area contributed by atoms with E-state index >= 15 is 0 Å². The summed E-state index contributed by atoms with van der Waals surface area (Å²) in [4.78, 5) is 29.1. The Kier molecular flexibility index (Phi) is 7.84. The minimum absolute atomic E-state index is 0.0637. The van der Waals surface area contributed by atoms with Crippen molar-refractivity contribution in [1.29, 1.82) is 0 Å². The van der Waals surface area contributed by atoms with Crippen molar-refractivity contribution in [2.45, 2.75) is 24.3 Å². The molecule has 0 aliphatic rings. The molecule has 1 amide bonds. The molecule has 1 atom stereocenters. The van der Waals surface area contributed by atoms with E-state index in [0.29, 0.717) is 17.1 Å². The summed E-state index contributed by atoms with van der Waals surface area (Å²) in [6.45, 7) is 1.65. The van der Waals surface area contributed by atoms with Crippen LogP contribution in [0.4, 0.5) is 5.13 Å². The lowest BCUT2D eigenvalue weighted by Crippen LogP contribution is -2.42. The Morgan fingerprint density at radius 1 is 1.29 bits per heavy atom. The number of nitrogens with zero attached hydrogens (tertiary/aromatic N) is 1. The molecule has 0 aliphatic carbocycles. The van der Waals surface area contributed by atoms with Crippen LogP contribution in [0, 0.1) is 6.92 Å². The fourth-order valence-corrected chi connectivity index (χ4v) is 4.82. The minimum atomic E-state index is -3.81. The molecule has 0 spiro atoms. The van der Waals surface area contributed by atoms with E-state index in [0.717, 1.165) is 11.3 Å². The summed E-state index contributed by atoms with van der Waals surface area (Å²) >= 11 is 2.58. The number of benzene rings is 1. The molecule has 11 heteroatoms. The summed E-state index contributed by atoms with van der Waals surface area (Å²) in [7, 11) is -2.55. The van der Waals surface area contributed by atoms with Gasteiger partial charge in [-0.3, -0.25) is 9.52 Å². The van der Waals surface area contributed by atoms with Crippen LogP contribution in [0.15, 0.2) is 35.2 Å². The van der Waals surface area contributed by atoms with Crippen molar-refractivity contribution in [1.82, 2.24) is 10.3 Å². The zero-order valence-electron chi connectivity index (χ0n) is 15.6. The monoisotopic (exact) mass is 443 g/mol. The Morgan fingerprint density at radius 3 is 2.57 bits per heavy atom. The number of aryl methyl sites for hydroxylation is 1. The van der Waals surface area contributed by atoms with Crippen LogP contribution in [0.5, 0.6) is 0 Å². The molecule has 28 heavy (non-hydrogen) atoms. The Labute approximate surface area is 172 Å². The lowest BCUT2D eigenvalue weighted by molar-refractivity contribution is -0.142. The van der Waals surface area contributed by atoms with Gasteiger partial charge in [0.1, 0.15) is 11.7 Å². The average Bonchev–Trinajstić information content (AvgIpc) is 3.04. The number of carbonyl (C=O) groups excluding carboxylic acids is 2. The number of rotatable bonds is 9. The fourth-order valence-electron chi connectivity index (χ4n) is 2.28. The Hall–Kier alpha value is -2.11. The maximum Gasteiger partial charge on any atom is 0.328 e. The summed E-state index contributed by atoms with van der Waals surface area (Å²) < 4.78 is 31.9. The molecule has 0 aliphatic heterocycles. The number of anilines is 1. The largest absolute Gasteiger partial charge is 0.467 e. The third-order valence-corrected chi connectivity index (χ3v) is 6.70. The quantitative estimate of drug-likeness (QED) is 0.571. The van der Waals surface area contributed by atoms with Gasteiger partial charge >= 0.3 is 5.97 Å². The van der Waals surface area contributed by atoms with Gasteiger partial charge in [0.2, 0.25) is 0 Å². The molecule has 2 aromatic rings. The molecular formula is C17H21N3O5S3. The van der Waals surface area contributed by atoms with Crippen LogP contribution in [0.1, 0.15) is 21.8 Å². The first-order valence-corrected chi connectivity index (χ1v) is 11.9. The first-order chi connectivity index (χ1) is 13.3. The highest BCUT2D eigenvalue weighted by Gasteiger charge is 2.25. The zero-order chi connectivity index (χ0) is 20.7. The van der Waals surface area contributed by atoms with E-state index in [2.05, 4.69) is 15.0 Å². The van der Waals surface area contributed by atoms with E-state index in [-0.39, 0.29) is 15.7 Å². The van der Waals surface area contributed by atoms with Crippen LogP contribution in [0.2, 0.25) is 0 Å². The number of amides is 1. The maximum atomic E-state index is 12.5. The number of methoxy groups -OCH3 is 1. The molecule has 2 rings (SSSR count). The molecule has 152 valence electrons. The second-order valence-corrected chi connectivity index (χ2v) is 9.54. The van der Waals surface area contributed by atoms with Crippen LogP contribution in [0.3, 0.4) is 0 Å². The number of thioether (sulfide) groups is 1. The van der Waals surface area contributed by atoms with Crippen LogP contribution in [-0.2, 0) is 19.6 Å². The van der Waals surface area contributed by atoms with Gasteiger partial charge in [0.05, 0.1) is 12.0 Å². The first-order valence-electron chi connectivity index (χ1n) is 8.21. The van der Waals surface area contributed by atoms with Gasteiger partial charge in [0.25, 0.3) is 15.9 Å². The molecule has 8 nitrogen and oxygen atoms in total. The second kappa shape index (κ2) is 9.89. The van der Waals surface area contributed by atoms with E-state index in [1.54, 1.807) is 36.9 Å². The van der Waals surface area contributed by atoms with Crippen molar-refractivity contribution >= 4 is 50.1 Å². The smallest absolute Gasteiger partial charge is 0.328 e. The van der Waals surface area contributed by atoms with E-state index < -0.39 is 27.9 Å². The molecule has 1 aromatic heterocycles. The number of ether oxygens (including phenoxy) is 1. The number of carbonyl (C=O) groups is 2. The lowest BCUT2D eigenvalue weighted by atomic mass is 10.2. The van der Waals surface area contributed by atoms with Gasteiger partial charge in [-0.25, -0.2) is 18.2 Å². The SMILES string of the molecule is COC(=O)[C@H](CCSC)NC(=O)c1nc(NS(=O)(=O)c2ccccc2)sc1C. The maximum absolute atomic E-state index is 12.5. The van der Waals surface area contributed by atoms with Gasteiger partial charge in [-0.15, -0.1) is 11.3 Å². The van der Waals surface area contributed by atoms with E-state index in [1.165, 1.54) is 19.2 Å². The predicted molar refractivity (Wildman–Crippen MR) is 110 cm³/mol. The summed E-state index contributed by atoms with van der Waals surface area (Å²) in [6.07, 6.45) is 2.31. The first kappa shape index (κ1) is 22.2. The number of esters is 1. The van der Waals surface area contributed by atoms with Gasteiger partial charge in [0, 0.05) is 4.88 Å². The van der Waals surface area contributed by atoms with Crippen LogP contribution < -0.4 is 10.0 Å². The molecule has 0 radical (unpaired) electrons. The number of hydrogen-bond donors (Lipinski definition) is 2. The van der Waals surface area contributed by atoms with Crippen molar-refractivity contribution in [2.75, 3.05) is 23.8 Å². The number of hydrogen-bond acceptors (Lipinski definition) is 8. The third kappa shape index (κ3) is 5.69. The second-order valence-electron chi connectivity index (χ2n) is 5.67. The Morgan fingerprint density at radius 2 is 1.96 bits per heavy atom. The third-order valence-electron chi connectivity index (χ3n) is 3.69. The normalized spacial score (nSPS) is 12.2. The van der Waals surface area contributed by atoms with E-state index in [9.17, 15) is 18.0 Å². The number of thiazole rings is 1. The average molecular weight is 444 g/mol. The summed E-state index contributed by atoms with van der Waals surface area (Å²) in [5, 5.41) is 2.68. The Bertz CT molecular complexity index is 929. The van der Waals surface area contributed by atoms with E-state index in [4.69, 9.17) is 4.74 Å². The van der Waals surface area contributed by atoms with Gasteiger partial charge in [-0.2, -0.15) is 11.8 Å². The molecule has 2 N–H and O–H groups in total. The van der Waals surface area contributed by atoms with Gasteiger partial charge in [-0.05, 0) is 37.5 Å². The number of sulfonamides is 1. The van der Waals surface area contributed by atoms with E-state index in [1.807, 2.05) is 6.26 Å².